The van der Waals surface area contributed by atoms with E-state index in [1.807, 2.05) is 0 Å². The van der Waals surface area contributed by atoms with Crippen molar-refractivity contribution in [3.05, 3.63) is 17.5 Å². The van der Waals surface area contributed by atoms with Crippen molar-refractivity contribution in [3.8, 4) is 0 Å². The van der Waals surface area contributed by atoms with Gasteiger partial charge in [-0.3, -0.25) is 5.10 Å². The lowest BCUT2D eigenvalue weighted by molar-refractivity contribution is 0.566. The Morgan fingerprint density at radius 1 is 1.47 bits per heavy atom. The van der Waals surface area contributed by atoms with Gasteiger partial charge in [-0.05, 0) is 31.7 Å². The van der Waals surface area contributed by atoms with Crippen LogP contribution in [0.5, 0.6) is 0 Å². The lowest BCUT2D eigenvalue weighted by Gasteiger charge is -2.13. The number of H-pyrrole nitrogens is 1. The molecule has 3 heteroatoms. The molecule has 0 aromatic carbocycles. The second-order valence-electron chi connectivity index (χ2n) is 5.89. The Morgan fingerprint density at radius 3 is 2.60 bits per heavy atom. The van der Waals surface area contributed by atoms with Crippen LogP contribution in [0.1, 0.15) is 51.4 Å². The second kappa shape index (κ2) is 3.34. The minimum atomic E-state index is 0.134. The van der Waals surface area contributed by atoms with Crippen molar-refractivity contribution < 1.29 is 0 Å². The van der Waals surface area contributed by atoms with Gasteiger partial charge in [0, 0.05) is 16.6 Å². The average molecular weight is 207 g/mol. The standard InChI is InChI=1S/C12H21N3/c1-11(2,3)10-8-9(14-15-10)4-5-12(13)6-7-12/h8H,4-7,13H2,1-3H3,(H,14,15). The molecule has 84 valence electrons. The van der Waals surface area contributed by atoms with E-state index in [2.05, 4.69) is 37.0 Å². The van der Waals surface area contributed by atoms with Crippen LogP contribution in [0.4, 0.5) is 0 Å². The predicted molar refractivity (Wildman–Crippen MR) is 61.8 cm³/mol. The highest BCUT2D eigenvalue weighted by molar-refractivity contribution is 5.17. The molecule has 3 N–H and O–H groups in total. The maximum Gasteiger partial charge on any atom is 0.0678 e. The van der Waals surface area contributed by atoms with E-state index in [4.69, 9.17) is 5.73 Å². The van der Waals surface area contributed by atoms with Crippen LogP contribution in [0.15, 0.2) is 6.07 Å². The van der Waals surface area contributed by atoms with E-state index in [1.54, 1.807) is 0 Å². The summed E-state index contributed by atoms with van der Waals surface area (Å²) >= 11 is 0. The number of nitrogens with two attached hydrogens (primary N) is 1. The predicted octanol–water partition coefficient (Wildman–Crippen LogP) is 2.13. The van der Waals surface area contributed by atoms with Gasteiger partial charge in [0.25, 0.3) is 0 Å². The van der Waals surface area contributed by atoms with Crippen molar-refractivity contribution in [2.24, 2.45) is 5.73 Å². The van der Waals surface area contributed by atoms with Crippen molar-refractivity contribution >= 4 is 0 Å². The quantitative estimate of drug-likeness (QED) is 0.797. The van der Waals surface area contributed by atoms with E-state index in [0.29, 0.717) is 0 Å². The summed E-state index contributed by atoms with van der Waals surface area (Å²) in [4.78, 5) is 0. The fourth-order valence-corrected chi connectivity index (χ4v) is 1.67. The van der Waals surface area contributed by atoms with E-state index in [1.165, 1.54) is 18.5 Å². The van der Waals surface area contributed by atoms with Gasteiger partial charge in [0.05, 0.1) is 5.69 Å². The molecule has 0 aliphatic heterocycles. The topological polar surface area (TPSA) is 54.7 Å². The van der Waals surface area contributed by atoms with E-state index < -0.39 is 0 Å². The number of aromatic nitrogens is 2. The molecule has 0 bridgehead atoms. The summed E-state index contributed by atoms with van der Waals surface area (Å²) < 4.78 is 0. The zero-order valence-corrected chi connectivity index (χ0v) is 9.93. The average Bonchev–Trinajstić information content (AvgIpc) is 2.66. The van der Waals surface area contributed by atoms with Gasteiger partial charge in [0.1, 0.15) is 0 Å². The molecule has 2 rings (SSSR count). The molecule has 0 amide bonds. The fourth-order valence-electron chi connectivity index (χ4n) is 1.67. The Labute approximate surface area is 91.4 Å². The Bertz CT molecular complexity index is 342. The summed E-state index contributed by atoms with van der Waals surface area (Å²) in [6.07, 6.45) is 4.49. The number of aryl methyl sites for hydroxylation is 1. The Hall–Kier alpha value is -0.830. The summed E-state index contributed by atoms with van der Waals surface area (Å²) in [7, 11) is 0. The minimum Gasteiger partial charge on any atom is -0.325 e. The van der Waals surface area contributed by atoms with E-state index >= 15 is 0 Å². The molecule has 3 nitrogen and oxygen atoms in total. The van der Waals surface area contributed by atoms with Gasteiger partial charge in [0.2, 0.25) is 0 Å². The van der Waals surface area contributed by atoms with Crippen molar-refractivity contribution in [1.82, 2.24) is 10.2 Å². The van der Waals surface area contributed by atoms with Crippen LogP contribution >= 0.6 is 0 Å². The third kappa shape index (κ3) is 2.59. The van der Waals surface area contributed by atoms with Gasteiger partial charge in [-0.25, -0.2) is 0 Å². The van der Waals surface area contributed by atoms with Crippen molar-refractivity contribution in [2.45, 2.75) is 57.4 Å². The lowest BCUT2D eigenvalue weighted by atomic mass is 9.92. The molecular weight excluding hydrogens is 186 g/mol. The molecule has 1 aliphatic carbocycles. The number of hydrogen-bond donors (Lipinski definition) is 2. The third-order valence-corrected chi connectivity index (χ3v) is 3.18. The number of nitrogens with zero attached hydrogens (tertiary/aromatic N) is 1. The molecule has 1 saturated carbocycles. The van der Waals surface area contributed by atoms with E-state index in [-0.39, 0.29) is 11.0 Å². The molecule has 0 saturated heterocycles. The Morgan fingerprint density at radius 2 is 2.13 bits per heavy atom. The van der Waals surface area contributed by atoms with Crippen molar-refractivity contribution in [1.29, 1.82) is 0 Å². The first-order valence-corrected chi connectivity index (χ1v) is 5.73. The first-order valence-electron chi connectivity index (χ1n) is 5.73. The summed E-state index contributed by atoms with van der Waals surface area (Å²) in [6.45, 7) is 6.54. The molecule has 0 atom stereocenters. The van der Waals surface area contributed by atoms with Crippen LogP contribution in [0.25, 0.3) is 0 Å². The molecule has 0 unspecified atom stereocenters. The molecule has 1 aliphatic rings. The smallest absolute Gasteiger partial charge is 0.0678 e. The van der Waals surface area contributed by atoms with E-state index in [0.717, 1.165) is 18.5 Å². The van der Waals surface area contributed by atoms with Gasteiger partial charge >= 0.3 is 0 Å². The van der Waals surface area contributed by atoms with Crippen LogP contribution in [0.2, 0.25) is 0 Å². The Balaban J connectivity index is 1.95. The molecule has 1 fully saturated rings. The van der Waals surface area contributed by atoms with Crippen LogP contribution in [-0.2, 0) is 11.8 Å². The maximum absolute atomic E-state index is 6.05. The zero-order valence-electron chi connectivity index (χ0n) is 9.93. The lowest BCUT2D eigenvalue weighted by Crippen LogP contribution is -2.22. The first kappa shape index (κ1) is 10.7. The summed E-state index contributed by atoms with van der Waals surface area (Å²) in [5.74, 6) is 0. The maximum atomic E-state index is 6.05. The minimum absolute atomic E-state index is 0.134. The fraction of sp³-hybridized carbons (Fsp3) is 0.750. The molecule has 1 aromatic heterocycles. The molecule has 0 spiro atoms. The SMILES string of the molecule is CC(C)(C)c1cc(CCC2(N)CC2)[nH]n1. The molecule has 1 heterocycles. The van der Waals surface area contributed by atoms with Gasteiger partial charge in [0.15, 0.2) is 0 Å². The van der Waals surface area contributed by atoms with Gasteiger partial charge < -0.3 is 5.73 Å². The molecule has 1 aromatic rings. The number of hydrogen-bond acceptors (Lipinski definition) is 2. The van der Waals surface area contributed by atoms with Crippen molar-refractivity contribution in [3.63, 3.8) is 0 Å². The molecule has 0 radical (unpaired) electrons. The van der Waals surface area contributed by atoms with Gasteiger partial charge in [-0.1, -0.05) is 20.8 Å². The van der Waals surface area contributed by atoms with E-state index in [9.17, 15) is 0 Å². The number of aromatic amines is 1. The van der Waals surface area contributed by atoms with Crippen LogP contribution in [0, 0.1) is 0 Å². The number of nitrogens with one attached hydrogen (secondary N) is 1. The van der Waals surface area contributed by atoms with Crippen LogP contribution < -0.4 is 5.73 Å². The highest BCUT2D eigenvalue weighted by Gasteiger charge is 2.37. The summed E-state index contributed by atoms with van der Waals surface area (Å²) in [5.41, 5.74) is 8.69. The van der Waals surface area contributed by atoms with Gasteiger partial charge in [-0.2, -0.15) is 5.10 Å². The van der Waals surface area contributed by atoms with Crippen LogP contribution in [-0.4, -0.2) is 15.7 Å². The monoisotopic (exact) mass is 207 g/mol. The number of rotatable bonds is 3. The molecule has 15 heavy (non-hydrogen) atoms. The van der Waals surface area contributed by atoms with Crippen LogP contribution in [0.3, 0.4) is 0 Å². The first-order chi connectivity index (χ1) is 6.89. The Kier molecular flexibility index (Phi) is 2.38. The highest BCUT2D eigenvalue weighted by Crippen LogP contribution is 2.36. The summed E-state index contributed by atoms with van der Waals surface area (Å²) in [5, 5.41) is 7.45. The molecular formula is C12H21N3. The second-order valence-corrected chi connectivity index (χ2v) is 5.89. The van der Waals surface area contributed by atoms with Gasteiger partial charge in [-0.15, -0.1) is 0 Å². The summed E-state index contributed by atoms with van der Waals surface area (Å²) in [6, 6.07) is 2.17. The largest absolute Gasteiger partial charge is 0.325 e. The normalized spacial score (nSPS) is 19.2. The zero-order chi connectivity index (χ0) is 11.1. The highest BCUT2D eigenvalue weighted by atomic mass is 15.1. The third-order valence-electron chi connectivity index (χ3n) is 3.18. The van der Waals surface area contributed by atoms with Crippen molar-refractivity contribution in [2.75, 3.05) is 0 Å².